The summed E-state index contributed by atoms with van der Waals surface area (Å²) in [5.41, 5.74) is 0. The summed E-state index contributed by atoms with van der Waals surface area (Å²) in [7, 11) is 0. The van der Waals surface area contributed by atoms with Gasteiger partial charge < -0.3 is 10.0 Å². The number of amides is 1. The second kappa shape index (κ2) is 4.65. The van der Waals surface area contributed by atoms with Crippen molar-refractivity contribution in [2.45, 2.75) is 44.2 Å². The molecule has 1 heterocycles. The van der Waals surface area contributed by atoms with Crippen molar-refractivity contribution in [3.8, 4) is 0 Å². The first kappa shape index (κ1) is 11.8. The number of carbonyl (C=O) groups excluding carboxylic acids is 1. The summed E-state index contributed by atoms with van der Waals surface area (Å²) in [6.45, 7) is 0. The van der Waals surface area contributed by atoms with Crippen LogP contribution in [0.25, 0.3) is 0 Å². The van der Waals surface area contributed by atoms with Crippen LogP contribution in [0.3, 0.4) is 0 Å². The average molecular weight is 243 g/mol. The summed E-state index contributed by atoms with van der Waals surface area (Å²) in [4.78, 5) is 24.7. The smallest absolute Gasteiger partial charge is 0.326 e. The van der Waals surface area contributed by atoms with Gasteiger partial charge in [0.2, 0.25) is 5.91 Å². The van der Waals surface area contributed by atoms with Crippen LogP contribution < -0.4 is 0 Å². The molecule has 1 N–H and O–H groups in total. The Kier molecular flexibility index (Phi) is 3.42. The second-order valence-electron chi connectivity index (χ2n) is 4.62. The lowest BCUT2D eigenvalue weighted by Gasteiger charge is -2.27. The molecule has 2 fully saturated rings. The minimum absolute atomic E-state index is 0.0446. The topological polar surface area (TPSA) is 57.6 Å². The fraction of sp³-hybridized carbons (Fsp3) is 0.818. The molecule has 16 heavy (non-hydrogen) atoms. The fourth-order valence-corrected chi connectivity index (χ4v) is 3.28. The largest absolute Gasteiger partial charge is 0.480 e. The molecule has 3 atom stereocenters. The van der Waals surface area contributed by atoms with Crippen LogP contribution in [0.2, 0.25) is 0 Å². The SMILES string of the molecule is O=C(O)C1CC2CCCC2N1C(=O)CCS. The highest BCUT2D eigenvalue weighted by Crippen LogP contribution is 2.41. The maximum absolute atomic E-state index is 11.9. The zero-order valence-corrected chi connectivity index (χ0v) is 10.0. The van der Waals surface area contributed by atoms with Crippen LogP contribution in [0.15, 0.2) is 0 Å². The molecule has 4 nitrogen and oxygen atoms in total. The van der Waals surface area contributed by atoms with E-state index < -0.39 is 12.0 Å². The molecule has 0 aromatic carbocycles. The van der Waals surface area contributed by atoms with E-state index in [1.165, 1.54) is 0 Å². The van der Waals surface area contributed by atoms with Gasteiger partial charge >= 0.3 is 5.97 Å². The van der Waals surface area contributed by atoms with Crippen LogP contribution in [-0.2, 0) is 9.59 Å². The fourth-order valence-electron chi connectivity index (χ4n) is 3.09. The van der Waals surface area contributed by atoms with E-state index in [1.54, 1.807) is 4.90 Å². The lowest BCUT2D eigenvalue weighted by atomic mass is 10.0. The first-order valence-electron chi connectivity index (χ1n) is 5.80. The molecule has 1 saturated carbocycles. The molecule has 3 unspecified atom stereocenters. The van der Waals surface area contributed by atoms with Crippen molar-refractivity contribution in [2.75, 3.05) is 5.75 Å². The van der Waals surface area contributed by atoms with Crippen LogP contribution in [0.4, 0.5) is 0 Å². The lowest BCUT2D eigenvalue weighted by Crippen LogP contribution is -2.45. The minimum Gasteiger partial charge on any atom is -0.480 e. The zero-order chi connectivity index (χ0) is 11.7. The molecule has 2 aliphatic rings. The quantitative estimate of drug-likeness (QED) is 0.731. The third-order valence-corrected chi connectivity index (χ3v) is 3.96. The molecule has 0 spiro atoms. The monoisotopic (exact) mass is 243 g/mol. The van der Waals surface area contributed by atoms with E-state index in [0.29, 0.717) is 24.5 Å². The summed E-state index contributed by atoms with van der Waals surface area (Å²) in [5, 5.41) is 9.14. The van der Waals surface area contributed by atoms with Crippen LogP contribution in [-0.4, -0.2) is 39.7 Å². The van der Waals surface area contributed by atoms with Gasteiger partial charge in [-0.2, -0.15) is 12.6 Å². The number of hydrogen-bond donors (Lipinski definition) is 2. The number of rotatable bonds is 3. The molecule has 90 valence electrons. The van der Waals surface area contributed by atoms with Crippen LogP contribution in [0.5, 0.6) is 0 Å². The van der Waals surface area contributed by atoms with E-state index in [2.05, 4.69) is 12.6 Å². The van der Waals surface area contributed by atoms with E-state index >= 15 is 0 Å². The van der Waals surface area contributed by atoms with E-state index in [-0.39, 0.29) is 11.9 Å². The highest BCUT2D eigenvalue weighted by molar-refractivity contribution is 7.80. The lowest BCUT2D eigenvalue weighted by molar-refractivity contribution is -0.149. The van der Waals surface area contributed by atoms with Gasteiger partial charge in [-0.05, 0) is 30.9 Å². The molecule has 0 radical (unpaired) electrons. The third-order valence-electron chi connectivity index (χ3n) is 3.74. The van der Waals surface area contributed by atoms with E-state index in [0.717, 1.165) is 19.3 Å². The van der Waals surface area contributed by atoms with Crippen molar-refractivity contribution in [1.29, 1.82) is 0 Å². The number of thiol groups is 1. The van der Waals surface area contributed by atoms with Gasteiger partial charge in [-0.3, -0.25) is 4.79 Å². The van der Waals surface area contributed by atoms with Gasteiger partial charge in [0.15, 0.2) is 0 Å². The first-order valence-corrected chi connectivity index (χ1v) is 6.43. The summed E-state index contributed by atoms with van der Waals surface area (Å²) in [5.74, 6) is -0.0114. The van der Waals surface area contributed by atoms with Gasteiger partial charge in [-0.1, -0.05) is 6.42 Å². The Morgan fingerprint density at radius 3 is 2.75 bits per heavy atom. The van der Waals surface area contributed by atoms with Gasteiger partial charge in [0.1, 0.15) is 6.04 Å². The second-order valence-corrected chi connectivity index (χ2v) is 5.07. The molecular formula is C11H17NO3S. The van der Waals surface area contributed by atoms with Crippen molar-refractivity contribution in [3.05, 3.63) is 0 Å². The highest BCUT2D eigenvalue weighted by atomic mass is 32.1. The van der Waals surface area contributed by atoms with E-state index in [1.807, 2.05) is 0 Å². The Bertz CT molecular complexity index is 308. The van der Waals surface area contributed by atoms with E-state index in [4.69, 9.17) is 5.11 Å². The van der Waals surface area contributed by atoms with Gasteiger partial charge in [0.25, 0.3) is 0 Å². The molecule has 5 heteroatoms. The first-order chi connectivity index (χ1) is 7.65. The number of fused-ring (bicyclic) bond motifs is 1. The zero-order valence-electron chi connectivity index (χ0n) is 9.13. The Labute approximate surface area is 100 Å². The molecule has 1 saturated heterocycles. The third kappa shape index (κ3) is 1.93. The Hall–Kier alpha value is -0.710. The number of likely N-dealkylation sites (tertiary alicyclic amines) is 1. The van der Waals surface area contributed by atoms with Gasteiger partial charge in [-0.25, -0.2) is 4.79 Å². The van der Waals surface area contributed by atoms with Crippen LogP contribution >= 0.6 is 12.6 Å². The van der Waals surface area contributed by atoms with Crippen molar-refractivity contribution in [1.82, 2.24) is 4.90 Å². The number of carboxylic acids is 1. The maximum Gasteiger partial charge on any atom is 0.326 e. The predicted molar refractivity (Wildman–Crippen MR) is 62.5 cm³/mol. The normalized spacial score (nSPS) is 32.8. The van der Waals surface area contributed by atoms with Crippen LogP contribution in [0, 0.1) is 5.92 Å². The molecular weight excluding hydrogens is 226 g/mol. The molecule has 1 amide bonds. The summed E-state index contributed by atoms with van der Waals surface area (Å²) in [6.07, 6.45) is 4.13. The predicted octanol–water partition coefficient (Wildman–Crippen LogP) is 1.16. The van der Waals surface area contributed by atoms with Crippen molar-refractivity contribution < 1.29 is 14.7 Å². The van der Waals surface area contributed by atoms with Crippen LogP contribution in [0.1, 0.15) is 32.1 Å². The number of carboxylic acid groups (broad SMARTS) is 1. The van der Waals surface area contributed by atoms with E-state index in [9.17, 15) is 9.59 Å². The minimum atomic E-state index is -0.859. The number of carbonyl (C=O) groups is 2. The van der Waals surface area contributed by atoms with Crippen molar-refractivity contribution in [2.24, 2.45) is 5.92 Å². The number of nitrogens with zero attached hydrogens (tertiary/aromatic N) is 1. The van der Waals surface area contributed by atoms with Gasteiger partial charge in [-0.15, -0.1) is 0 Å². The Balaban J connectivity index is 2.15. The van der Waals surface area contributed by atoms with Gasteiger partial charge in [0.05, 0.1) is 0 Å². The Morgan fingerprint density at radius 2 is 2.12 bits per heavy atom. The molecule has 1 aliphatic heterocycles. The molecule has 1 aliphatic carbocycles. The number of hydrogen-bond acceptors (Lipinski definition) is 3. The molecule has 0 aromatic heterocycles. The molecule has 0 aromatic rings. The van der Waals surface area contributed by atoms with Crippen molar-refractivity contribution >= 4 is 24.5 Å². The average Bonchev–Trinajstić information content (AvgIpc) is 2.75. The van der Waals surface area contributed by atoms with Gasteiger partial charge in [0, 0.05) is 12.5 Å². The molecule has 0 bridgehead atoms. The highest BCUT2D eigenvalue weighted by Gasteiger charge is 2.48. The van der Waals surface area contributed by atoms with Crippen molar-refractivity contribution in [3.63, 3.8) is 0 Å². The number of aliphatic carboxylic acids is 1. The summed E-state index contributed by atoms with van der Waals surface area (Å²) >= 11 is 4.04. The summed E-state index contributed by atoms with van der Waals surface area (Å²) in [6, 6.07) is -0.420. The Morgan fingerprint density at radius 1 is 1.38 bits per heavy atom. The molecule has 2 rings (SSSR count). The summed E-state index contributed by atoms with van der Waals surface area (Å²) < 4.78 is 0. The standard InChI is InChI=1S/C11H17NO3S/c13-10(4-5-16)12-8-3-1-2-7(8)6-9(12)11(14)15/h7-9,16H,1-6H2,(H,14,15). The maximum atomic E-state index is 11.9.